The molecular weight excluding hydrogens is 288 g/mol. The Morgan fingerprint density at radius 3 is 2.87 bits per heavy atom. The smallest absolute Gasteiger partial charge is 0.251 e. The quantitative estimate of drug-likeness (QED) is 0.804. The number of carbonyl (C=O) groups excluding carboxylic acids is 1. The molecule has 2 aromatic carbocycles. The molecule has 3 rings (SSSR count). The summed E-state index contributed by atoms with van der Waals surface area (Å²) in [5.41, 5.74) is 3.01. The third-order valence-electron chi connectivity index (χ3n) is 3.77. The van der Waals surface area contributed by atoms with E-state index in [0.717, 1.165) is 16.9 Å². The molecule has 0 atom stereocenters. The highest BCUT2D eigenvalue weighted by molar-refractivity contribution is 5.94. The van der Waals surface area contributed by atoms with E-state index in [-0.39, 0.29) is 5.91 Å². The summed E-state index contributed by atoms with van der Waals surface area (Å²) in [7, 11) is 1.98. The summed E-state index contributed by atoms with van der Waals surface area (Å²) < 4.78 is 2.04. The number of nitrogens with zero attached hydrogens (tertiary/aromatic N) is 3. The zero-order valence-corrected chi connectivity index (χ0v) is 12.8. The number of hydrogen-bond donors (Lipinski definition) is 1. The van der Waals surface area contributed by atoms with Gasteiger partial charge in [0.1, 0.15) is 5.82 Å². The van der Waals surface area contributed by atoms with Gasteiger partial charge in [0.15, 0.2) is 0 Å². The molecule has 0 spiro atoms. The average molecular weight is 304 g/mol. The lowest BCUT2D eigenvalue weighted by Crippen LogP contribution is -2.26. The topological polar surface area (TPSA) is 70.7 Å². The summed E-state index contributed by atoms with van der Waals surface area (Å²) in [4.78, 5) is 16.7. The van der Waals surface area contributed by atoms with Crippen molar-refractivity contribution < 1.29 is 4.79 Å². The van der Waals surface area contributed by atoms with Gasteiger partial charge < -0.3 is 9.88 Å². The molecule has 0 saturated carbocycles. The molecule has 5 heteroatoms. The Bertz CT molecular complexity index is 905. The summed E-state index contributed by atoms with van der Waals surface area (Å²) in [5.74, 6) is 0.748. The summed E-state index contributed by atoms with van der Waals surface area (Å²) >= 11 is 0. The number of nitriles is 1. The summed E-state index contributed by atoms with van der Waals surface area (Å²) in [6.45, 7) is 0.493. The van der Waals surface area contributed by atoms with Crippen molar-refractivity contribution in [2.45, 2.75) is 6.42 Å². The molecule has 114 valence electrons. The predicted molar refractivity (Wildman–Crippen MR) is 87.9 cm³/mol. The minimum Gasteiger partial charge on any atom is -0.352 e. The van der Waals surface area contributed by atoms with Crippen LogP contribution in [0.4, 0.5) is 0 Å². The number of aromatic nitrogens is 2. The van der Waals surface area contributed by atoms with E-state index in [4.69, 9.17) is 5.26 Å². The van der Waals surface area contributed by atoms with Crippen LogP contribution >= 0.6 is 0 Å². The molecule has 1 amide bonds. The Morgan fingerprint density at radius 1 is 1.26 bits per heavy atom. The second-order valence-electron chi connectivity index (χ2n) is 5.27. The average Bonchev–Trinajstić information content (AvgIpc) is 2.91. The van der Waals surface area contributed by atoms with Crippen molar-refractivity contribution >= 4 is 16.9 Å². The maximum absolute atomic E-state index is 12.1. The Kier molecular flexibility index (Phi) is 4.07. The van der Waals surface area contributed by atoms with Crippen molar-refractivity contribution in [2.24, 2.45) is 7.05 Å². The van der Waals surface area contributed by atoms with E-state index in [2.05, 4.69) is 10.3 Å². The van der Waals surface area contributed by atoms with Crippen LogP contribution in [-0.4, -0.2) is 22.0 Å². The summed E-state index contributed by atoms with van der Waals surface area (Å²) in [6, 6.07) is 16.7. The normalized spacial score (nSPS) is 10.4. The molecule has 0 bridgehead atoms. The molecule has 0 radical (unpaired) electrons. The van der Waals surface area contributed by atoms with Crippen LogP contribution in [0.25, 0.3) is 11.0 Å². The number of benzene rings is 2. The molecule has 5 nitrogen and oxygen atoms in total. The SMILES string of the molecule is Cn1c(CCNC(=O)c2cccc(C#N)c2)nc2ccccc21. The van der Waals surface area contributed by atoms with Crippen LogP contribution in [0.3, 0.4) is 0 Å². The van der Waals surface area contributed by atoms with Gasteiger partial charge in [-0.15, -0.1) is 0 Å². The van der Waals surface area contributed by atoms with Crippen molar-refractivity contribution in [2.75, 3.05) is 6.54 Å². The van der Waals surface area contributed by atoms with E-state index in [0.29, 0.717) is 24.1 Å². The molecule has 0 saturated heterocycles. The van der Waals surface area contributed by atoms with Gasteiger partial charge in [-0.1, -0.05) is 18.2 Å². The summed E-state index contributed by atoms with van der Waals surface area (Å²) in [5, 5.41) is 11.7. The molecular formula is C18H16N4O. The van der Waals surface area contributed by atoms with Gasteiger partial charge in [-0.2, -0.15) is 5.26 Å². The largest absolute Gasteiger partial charge is 0.352 e. The third kappa shape index (κ3) is 3.06. The van der Waals surface area contributed by atoms with Gasteiger partial charge in [0.05, 0.1) is 22.7 Å². The van der Waals surface area contributed by atoms with E-state index in [1.807, 2.05) is 41.9 Å². The summed E-state index contributed by atoms with van der Waals surface area (Å²) in [6.07, 6.45) is 0.648. The van der Waals surface area contributed by atoms with E-state index < -0.39 is 0 Å². The lowest BCUT2D eigenvalue weighted by atomic mass is 10.1. The number of carbonyl (C=O) groups is 1. The highest BCUT2D eigenvalue weighted by atomic mass is 16.1. The molecule has 1 aromatic heterocycles. The number of amides is 1. The standard InChI is InChI=1S/C18H16N4O/c1-22-16-8-3-2-7-15(16)21-17(22)9-10-20-18(23)14-6-4-5-13(11-14)12-19/h2-8,11H,9-10H2,1H3,(H,20,23). The molecule has 1 N–H and O–H groups in total. The van der Waals surface area contributed by atoms with Crippen molar-refractivity contribution in [3.8, 4) is 6.07 Å². The van der Waals surface area contributed by atoms with Crippen LogP contribution in [0.1, 0.15) is 21.7 Å². The van der Waals surface area contributed by atoms with Crippen LogP contribution in [-0.2, 0) is 13.5 Å². The number of rotatable bonds is 4. The fourth-order valence-electron chi connectivity index (χ4n) is 2.54. The molecule has 0 aliphatic carbocycles. The minimum atomic E-state index is -0.180. The second kappa shape index (κ2) is 6.32. The number of nitrogens with one attached hydrogen (secondary N) is 1. The van der Waals surface area contributed by atoms with Crippen molar-refractivity contribution in [3.05, 3.63) is 65.5 Å². The third-order valence-corrected chi connectivity index (χ3v) is 3.77. The Morgan fingerprint density at radius 2 is 2.09 bits per heavy atom. The first-order chi connectivity index (χ1) is 11.2. The lowest BCUT2D eigenvalue weighted by molar-refractivity contribution is 0.0954. The van der Waals surface area contributed by atoms with E-state index >= 15 is 0 Å². The zero-order valence-electron chi connectivity index (χ0n) is 12.8. The first kappa shape index (κ1) is 14.8. The monoisotopic (exact) mass is 304 g/mol. The first-order valence-electron chi connectivity index (χ1n) is 7.38. The van der Waals surface area contributed by atoms with Crippen molar-refractivity contribution in [1.29, 1.82) is 5.26 Å². The van der Waals surface area contributed by atoms with Crippen molar-refractivity contribution in [1.82, 2.24) is 14.9 Å². The molecule has 23 heavy (non-hydrogen) atoms. The van der Waals surface area contributed by atoms with Gasteiger partial charge in [-0.3, -0.25) is 4.79 Å². The number of para-hydroxylation sites is 2. The molecule has 3 aromatic rings. The van der Waals surface area contributed by atoms with Crippen LogP contribution < -0.4 is 5.32 Å². The van der Waals surface area contributed by atoms with Gasteiger partial charge in [0.25, 0.3) is 5.91 Å². The molecule has 1 heterocycles. The number of fused-ring (bicyclic) bond motifs is 1. The number of imidazole rings is 1. The van der Waals surface area contributed by atoms with Crippen molar-refractivity contribution in [3.63, 3.8) is 0 Å². The molecule has 0 aliphatic rings. The highest BCUT2D eigenvalue weighted by Gasteiger charge is 2.09. The number of hydrogen-bond acceptors (Lipinski definition) is 3. The fourth-order valence-corrected chi connectivity index (χ4v) is 2.54. The second-order valence-corrected chi connectivity index (χ2v) is 5.27. The van der Waals surface area contributed by atoms with Crippen LogP contribution in [0, 0.1) is 11.3 Å². The van der Waals surface area contributed by atoms with Crippen LogP contribution in [0.2, 0.25) is 0 Å². The maximum atomic E-state index is 12.1. The first-order valence-corrected chi connectivity index (χ1v) is 7.38. The number of aryl methyl sites for hydroxylation is 1. The van der Waals surface area contributed by atoms with Crippen LogP contribution in [0.5, 0.6) is 0 Å². The maximum Gasteiger partial charge on any atom is 0.251 e. The zero-order chi connectivity index (χ0) is 16.2. The highest BCUT2D eigenvalue weighted by Crippen LogP contribution is 2.14. The van der Waals surface area contributed by atoms with Gasteiger partial charge in [0, 0.05) is 25.6 Å². The van der Waals surface area contributed by atoms with Gasteiger partial charge in [0.2, 0.25) is 0 Å². The van der Waals surface area contributed by atoms with Gasteiger partial charge >= 0.3 is 0 Å². The molecule has 0 fully saturated rings. The van der Waals surface area contributed by atoms with E-state index in [1.165, 1.54) is 0 Å². The van der Waals surface area contributed by atoms with Crippen LogP contribution in [0.15, 0.2) is 48.5 Å². The van der Waals surface area contributed by atoms with E-state index in [1.54, 1.807) is 24.3 Å². The van der Waals surface area contributed by atoms with Gasteiger partial charge in [-0.05, 0) is 30.3 Å². The molecule has 0 unspecified atom stereocenters. The Balaban J connectivity index is 1.65. The fraction of sp³-hybridized carbons (Fsp3) is 0.167. The Labute approximate surface area is 134 Å². The molecule has 0 aliphatic heterocycles. The van der Waals surface area contributed by atoms with Gasteiger partial charge in [-0.25, -0.2) is 4.98 Å². The lowest BCUT2D eigenvalue weighted by Gasteiger charge is -2.06. The minimum absolute atomic E-state index is 0.180. The van der Waals surface area contributed by atoms with E-state index in [9.17, 15) is 4.79 Å². The Hall–Kier alpha value is -3.13. The predicted octanol–water partition coefficient (Wildman–Crippen LogP) is 2.42.